The molecule has 2 aliphatic rings. The van der Waals surface area contributed by atoms with Crippen molar-refractivity contribution in [3.05, 3.63) is 41.8 Å². The monoisotopic (exact) mass is 415 g/mol. The standard InChI is InChI=1S/C24H34N3O.ClH/c1-5-13-26(14-6-2)19-9-11-21-23(17-19)28-24-18-20(10-12-22(24)25-21)27(15-7-3)16-8-4;/h9-12,17-18H,5-8,13-16H2,1-4H3;1H/q+1;/p-1. The van der Waals surface area contributed by atoms with Gasteiger partial charge in [-0.25, -0.2) is 9.56 Å². The maximum Gasteiger partial charge on any atom is 0.203 e. The van der Waals surface area contributed by atoms with Crippen LogP contribution in [-0.2, 0) is 0 Å². The Balaban J connectivity index is 0.00000300. The van der Waals surface area contributed by atoms with Gasteiger partial charge >= 0.3 is 0 Å². The summed E-state index contributed by atoms with van der Waals surface area (Å²) in [4.78, 5) is 7.26. The van der Waals surface area contributed by atoms with Gasteiger partial charge in [-0.2, -0.15) is 0 Å². The molecule has 4 nitrogen and oxygen atoms in total. The minimum atomic E-state index is 0. The van der Waals surface area contributed by atoms with E-state index in [-0.39, 0.29) is 12.4 Å². The van der Waals surface area contributed by atoms with Crippen LogP contribution in [0.5, 0.6) is 0 Å². The zero-order valence-corrected chi connectivity index (χ0v) is 19.0. The van der Waals surface area contributed by atoms with Gasteiger partial charge in [0.25, 0.3) is 0 Å². The molecule has 1 aromatic rings. The first-order chi connectivity index (χ1) is 13.7. The van der Waals surface area contributed by atoms with E-state index in [2.05, 4.69) is 73.6 Å². The van der Waals surface area contributed by atoms with Gasteiger partial charge in [-0.05, 0) is 31.0 Å². The van der Waals surface area contributed by atoms with Crippen LogP contribution in [0.25, 0.3) is 22.6 Å². The number of rotatable bonds is 9. The third-order valence-corrected chi connectivity index (χ3v) is 5.05. The number of aromatic nitrogens is 1. The number of benzene rings is 2. The van der Waals surface area contributed by atoms with Crippen LogP contribution in [0, 0.1) is 0 Å². The fraction of sp³-hybridized carbons (Fsp3) is 0.500. The summed E-state index contributed by atoms with van der Waals surface area (Å²) in [5.41, 5.74) is 3.90. The first-order valence-corrected chi connectivity index (χ1v) is 10.9. The molecule has 0 aromatic heterocycles. The van der Waals surface area contributed by atoms with Gasteiger partial charge in [0.15, 0.2) is 11.3 Å². The highest BCUT2D eigenvalue weighted by atomic mass is 35.5. The van der Waals surface area contributed by atoms with Gasteiger partial charge in [-0.15, -0.1) is 0 Å². The van der Waals surface area contributed by atoms with Gasteiger partial charge in [0, 0.05) is 43.8 Å². The minimum absolute atomic E-state index is 0. The van der Waals surface area contributed by atoms with E-state index < -0.39 is 0 Å². The van der Waals surface area contributed by atoms with E-state index in [1.807, 2.05) is 0 Å². The Bertz CT molecular complexity index is 936. The van der Waals surface area contributed by atoms with Crippen LogP contribution in [0.15, 0.2) is 40.8 Å². The van der Waals surface area contributed by atoms with Crippen molar-refractivity contribution >= 4 is 16.8 Å². The van der Waals surface area contributed by atoms with E-state index in [0.29, 0.717) is 0 Å². The Kier molecular flexibility index (Phi) is 8.97. The predicted octanol–water partition coefficient (Wildman–Crippen LogP) is 2.16. The Morgan fingerprint density at radius 2 is 1.55 bits per heavy atom. The molecule has 5 heteroatoms. The highest BCUT2D eigenvalue weighted by molar-refractivity contribution is 5.80. The molecule has 3 rings (SSSR count). The third kappa shape index (κ3) is 5.51. The SMILES string of the molecule is CCCN(CCC)c1ccc2nc3ccc(=[N+](CCC)CCC)cc-3oc2c1.[Cl-]. The van der Waals surface area contributed by atoms with Crippen LogP contribution in [0.2, 0.25) is 0 Å². The van der Waals surface area contributed by atoms with Crippen molar-refractivity contribution < 1.29 is 16.8 Å². The lowest BCUT2D eigenvalue weighted by atomic mass is 10.2. The molecule has 0 radical (unpaired) electrons. The molecule has 0 saturated heterocycles. The summed E-state index contributed by atoms with van der Waals surface area (Å²) in [5.74, 6) is 0.858. The maximum absolute atomic E-state index is 6.32. The normalized spacial score (nSPS) is 10.9. The van der Waals surface area contributed by atoms with Crippen molar-refractivity contribution in [2.24, 2.45) is 0 Å². The van der Waals surface area contributed by atoms with Gasteiger partial charge in [0.2, 0.25) is 5.36 Å². The van der Waals surface area contributed by atoms with Crippen molar-refractivity contribution in [1.82, 2.24) is 9.56 Å². The van der Waals surface area contributed by atoms with Gasteiger partial charge in [0.1, 0.15) is 24.3 Å². The average Bonchev–Trinajstić information content (AvgIpc) is 2.71. The van der Waals surface area contributed by atoms with Crippen LogP contribution in [0.1, 0.15) is 53.4 Å². The van der Waals surface area contributed by atoms with Crippen molar-refractivity contribution in [2.75, 3.05) is 31.1 Å². The molecular weight excluding hydrogens is 382 g/mol. The quantitative estimate of drug-likeness (QED) is 0.396. The van der Waals surface area contributed by atoms with Gasteiger partial charge in [-0.1, -0.05) is 27.7 Å². The van der Waals surface area contributed by atoms with Crippen LogP contribution in [0.3, 0.4) is 0 Å². The summed E-state index contributed by atoms with van der Waals surface area (Å²) < 4.78 is 8.75. The predicted molar refractivity (Wildman–Crippen MR) is 119 cm³/mol. The molecule has 1 aliphatic heterocycles. The summed E-state index contributed by atoms with van der Waals surface area (Å²) in [5, 5.41) is 1.22. The second-order valence-corrected chi connectivity index (χ2v) is 7.49. The Labute approximate surface area is 181 Å². The number of nitrogens with zero attached hydrogens (tertiary/aromatic N) is 3. The van der Waals surface area contributed by atoms with Crippen LogP contribution >= 0.6 is 0 Å². The summed E-state index contributed by atoms with van der Waals surface area (Å²) in [6.07, 6.45) is 4.55. The van der Waals surface area contributed by atoms with Gasteiger partial charge in [0.05, 0.1) is 6.07 Å². The fourth-order valence-corrected chi connectivity index (χ4v) is 3.82. The van der Waals surface area contributed by atoms with Crippen molar-refractivity contribution in [2.45, 2.75) is 53.4 Å². The third-order valence-electron chi connectivity index (χ3n) is 5.05. The largest absolute Gasteiger partial charge is 1.00 e. The Morgan fingerprint density at radius 3 is 2.17 bits per heavy atom. The molecule has 29 heavy (non-hydrogen) atoms. The fourth-order valence-electron chi connectivity index (χ4n) is 3.82. The van der Waals surface area contributed by atoms with Gasteiger partial charge in [-0.3, -0.25) is 0 Å². The zero-order chi connectivity index (χ0) is 19.9. The molecule has 1 heterocycles. The molecule has 0 fully saturated rings. The van der Waals surface area contributed by atoms with E-state index in [1.165, 1.54) is 11.0 Å². The summed E-state index contributed by atoms with van der Waals surface area (Å²) in [6, 6.07) is 12.8. The lowest BCUT2D eigenvalue weighted by Crippen LogP contribution is -3.00. The Morgan fingerprint density at radius 1 is 0.862 bits per heavy atom. The topological polar surface area (TPSA) is 32.3 Å². The van der Waals surface area contributed by atoms with Crippen molar-refractivity contribution in [3.63, 3.8) is 0 Å². The number of hydrogen-bond acceptors (Lipinski definition) is 3. The van der Waals surface area contributed by atoms with E-state index in [4.69, 9.17) is 9.40 Å². The highest BCUT2D eigenvalue weighted by Crippen LogP contribution is 2.27. The number of fused-ring (bicyclic) bond motifs is 2. The Hall–Kier alpha value is -2.07. The lowest BCUT2D eigenvalue weighted by molar-refractivity contribution is -0.00000648. The summed E-state index contributed by atoms with van der Waals surface area (Å²) in [7, 11) is 0. The average molecular weight is 416 g/mol. The number of halogens is 1. The van der Waals surface area contributed by atoms with Crippen molar-refractivity contribution in [1.29, 1.82) is 0 Å². The molecule has 0 saturated carbocycles. The number of anilines is 1. The van der Waals surface area contributed by atoms with E-state index in [1.54, 1.807) is 0 Å². The molecule has 0 N–H and O–H groups in total. The first-order valence-electron chi connectivity index (χ1n) is 10.9. The second-order valence-electron chi connectivity index (χ2n) is 7.49. The second kappa shape index (κ2) is 11.2. The molecule has 1 aromatic carbocycles. The first kappa shape index (κ1) is 23.2. The lowest BCUT2D eigenvalue weighted by Gasteiger charge is -2.23. The van der Waals surface area contributed by atoms with Crippen LogP contribution in [0.4, 0.5) is 5.69 Å². The van der Waals surface area contributed by atoms with Crippen LogP contribution < -0.4 is 27.2 Å². The van der Waals surface area contributed by atoms with Crippen LogP contribution in [-0.4, -0.2) is 31.2 Å². The molecule has 0 atom stereocenters. The van der Waals surface area contributed by atoms with E-state index >= 15 is 0 Å². The molecule has 0 unspecified atom stereocenters. The molecule has 0 spiro atoms. The molecule has 0 bridgehead atoms. The molecule has 1 aliphatic carbocycles. The van der Waals surface area contributed by atoms with Crippen molar-refractivity contribution in [3.8, 4) is 11.5 Å². The number of hydrogen-bond donors (Lipinski definition) is 0. The highest BCUT2D eigenvalue weighted by Gasteiger charge is 2.14. The molecule has 158 valence electrons. The van der Waals surface area contributed by atoms with E-state index in [0.717, 1.165) is 74.4 Å². The minimum Gasteiger partial charge on any atom is -1.00 e. The smallest absolute Gasteiger partial charge is 0.203 e. The van der Waals surface area contributed by atoms with Gasteiger partial charge < -0.3 is 21.7 Å². The maximum atomic E-state index is 6.32. The van der Waals surface area contributed by atoms with E-state index in [9.17, 15) is 0 Å². The molecular formula is C24H34ClN3O. The summed E-state index contributed by atoms with van der Waals surface area (Å²) >= 11 is 0. The summed E-state index contributed by atoms with van der Waals surface area (Å²) in [6.45, 7) is 13.2. The zero-order valence-electron chi connectivity index (χ0n) is 18.2. The molecule has 0 amide bonds.